The van der Waals surface area contributed by atoms with Crippen LogP contribution < -0.4 is 5.73 Å². The summed E-state index contributed by atoms with van der Waals surface area (Å²) in [5.41, 5.74) is 5.95. The van der Waals surface area contributed by atoms with Crippen LogP contribution in [0.15, 0.2) is 0 Å². The number of nitrogens with zero attached hydrogens (tertiary/aromatic N) is 1. The molecule has 0 aromatic carbocycles. The molecule has 0 bridgehead atoms. The fourth-order valence-electron chi connectivity index (χ4n) is 2.86. The van der Waals surface area contributed by atoms with Crippen LogP contribution in [0.25, 0.3) is 0 Å². The van der Waals surface area contributed by atoms with E-state index in [9.17, 15) is 5.11 Å². The van der Waals surface area contributed by atoms with Gasteiger partial charge in [-0.2, -0.15) is 0 Å². The number of hydrogen-bond donors (Lipinski definition) is 2. The fraction of sp³-hybridized carbons (Fsp3) is 1.00. The summed E-state index contributed by atoms with van der Waals surface area (Å²) < 4.78 is 0. The van der Waals surface area contributed by atoms with Gasteiger partial charge in [0.15, 0.2) is 0 Å². The summed E-state index contributed by atoms with van der Waals surface area (Å²) in [4.78, 5) is 2.41. The van der Waals surface area contributed by atoms with Crippen LogP contribution in [0.4, 0.5) is 0 Å². The van der Waals surface area contributed by atoms with Crippen molar-refractivity contribution in [3.8, 4) is 0 Å². The summed E-state index contributed by atoms with van der Waals surface area (Å²) >= 11 is 0. The number of aliphatic hydroxyl groups is 1. The Morgan fingerprint density at radius 1 is 1.07 bits per heavy atom. The Hall–Kier alpha value is -0.120. The van der Waals surface area contributed by atoms with Gasteiger partial charge in [0, 0.05) is 18.6 Å². The minimum Gasteiger partial charge on any atom is -0.391 e. The first-order chi connectivity index (χ1) is 6.77. The molecule has 0 radical (unpaired) electrons. The van der Waals surface area contributed by atoms with Gasteiger partial charge in [-0.1, -0.05) is 12.8 Å². The highest BCUT2D eigenvalue weighted by atomic mass is 16.3. The Bertz CT molecular complexity index is 186. The normalized spacial score (nSPS) is 41.1. The molecule has 82 valence electrons. The summed E-state index contributed by atoms with van der Waals surface area (Å²) in [5, 5.41) is 9.92. The van der Waals surface area contributed by atoms with Crippen molar-refractivity contribution < 1.29 is 5.11 Å². The zero-order chi connectivity index (χ0) is 9.97. The van der Waals surface area contributed by atoms with Crippen LogP contribution in [0.1, 0.15) is 38.5 Å². The van der Waals surface area contributed by atoms with E-state index in [-0.39, 0.29) is 6.10 Å². The highest BCUT2D eigenvalue weighted by molar-refractivity contribution is 4.87. The average Bonchev–Trinajstić information content (AvgIpc) is 2.18. The van der Waals surface area contributed by atoms with Crippen molar-refractivity contribution >= 4 is 0 Å². The Kier molecular flexibility index (Phi) is 3.42. The van der Waals surface area contributed by atoms with Crippen molar-refractivity contribution in [1.82, 2.24) is 4.90 Å². The Morgan fingerprint density at radius 3 is 2.57 bits per heavy atom. The summed E-state index contributed by atoms with van der Waals surface area (Å²) in [6.45, 7) is 2.12. The molecule has 2 fully saturated rings. The monoisotopic (exact) mass is 198 g/mol. The van der Waals surface area contributed by atoms with Crippen LogP contribution in [-0.4, -0.2) is 41.3 Å². The van der Waals surface area contributed by atoms with Gasteiger partial charge in [0.2, 0.25) is 0 Å². The molecule has 14 heavy (non-hydrogen) atoms. The first-order valence-corrected chi connectivity index (χ1v) is 5.95. The maximum Gasteiger partial charge on any atom is 0.0695 e. The van der Waals surface area contributed by atoms with Gasteiger partial charge in [0.1, 0.15) is 0 Å². The molecule has 0 aromatic rings. The molecule has 2 rings (SSSR count). The topological polar surface area (TPSA) is 49.5 Å². The van der Waals surface area contributed by atoms with Gasteiger partial charge in [0.05, 0.1) is 6.10 Å². The van der Waals surface area contributed by atoms with E-state index < -0.39 is 0 Å². The number of likely N-dealkylation sites (tertiary alicyclic amines) is 1. The van der Waals surface area contributed by atoms with E-state index >= 15 is 0 Å². The summed E-state index contributed by atoms with van der Waals surface area (Å²) in [7, 11) is 0. The van der Waals surface area contributed by atoms with Crippen molar-refractivity contribution in [2.24, 2.45) is 5.73 Å². The first kappa shape index (κ1) is 10.4. The predicted molar refractivity (Wildman–Crippen MR) is 57.0 cm³/mol. The molecular weight excluding hydrogens is 176 g/mol. The third kappa shape index (κ3) is 2.27. The van der Waals surface area contributed by atoms with Crippen LogP contribution in [0.5, 0.6) is 0 Å². The lowest BCUT2D eigenvalue weighted by molar-refractivity contribution is 0.00791. The fourth-order valence-corrected chi connectivity index (χ4v) is 2.86. The number of aliphatic hydroxyl groups excluding tert-OH is 1. The minimum atomic E-state index is -0.103. The second-order valence-electron chi connectivity index (χ2n) is 4.82. The number of hydrogen-bond acceptors (Lipinski definition) is 3. The minimum absolute atomic E-state index is 0.103. The third-order valence-corrected chi connectivity index (χ3v) is 3.65. The lowest BCUT2D eigenvalue weighted by atomic mass is 9.90. The predicted octanol–water partition coefficient (Wildman–Crippen LogP) is 0.713. The quantitative estimate of drug-likeness (QED) is 0.652. The van der Waals surface area contributed by atoms with E-state index in [4.69, 9.17) is 5.73 Å². The zero-order valence-electron chi connectivity index (χ0n) is 8.86. The molecule has 2 aliphatic rings. The molecule has 1 aliphatic heterocycles. The SMILES string of the molecule is N[C@@H]1CCCN(C2CCCCC2O)C1. The van der Waals surface area contributed by atoms with Gasteiger partial charge in [0.25, 0.3) is 0 Å². The summed E-state index contributed by atoms with van der Waals surface area (Å²) in [6.07, 6.45) is 6.85. The molecule has 0 amide bonds. The van der Waals surface area contributed by atoms with Gasteiger partial charge in [-0.05, 0) is 32.2 Å². The largest absolute Gasteiger partial charge is 0.391 e. The molecular formula is C11H22N2O. The molecule has 3 nitrogen and oxygen atoms in total. The van der Waals surface area contributed by atoms with Crippen LogP contribution in [0, 0.1) is 0 Å². The van der Waals surface area contributed by atoms with E-state index in [0.29, 0.717) is 12.1 Å². The van der Waals surface area contributed by atoms with Gasteiger partial charge in [-0.15, -0.1) is 0 Å². The standard InChI is InChI=1S/C11H22N2O/c12-9-4-3-7-13(8-9)10-5-1-2-6-11(10)14/h9-11,14H,1-8,12H2/t9-,10?,11?/m1/s1. The van der Waals surface area contributed by atoms with Gasteiger partial charge in [-0.3, -0.25) is 4.90 Å². The van der Waals surface area contributed by atoms with E-state index in [1.807, 2.05) is 0 Å². The molecule has 0 aromatic heterocycles. The lowest BCUT2D eigenvalue weighted by Gasteiger charge is -2.41. The zero-order valence-corrected chi connectivity index (χ0v) is 8.86. The van der Waals surface area contributed by atoms with Crippen LogP contribution >= 0.6 is 0 Å². The highest BCUT2D eigenvalue weighted by Crippen LogP contribution is 2.25. The van der Waals surface area contributed by atoms with Crippen molar-refractivity contribution in [2.45, 2.75) is 56.7 Å². The second kappa shape index (κ2) is 4.60. The Labute approximate surface area is 86.3 Å². The average molecular weight is 198 g/mol. The first-order valence-electron chi connectivity index (χ1n) is 5.95. The van der Waals surface area contributed by atoms with E-state index in [1.165, 1.54) is 19.3 Å². The molecule has 1 aliphatic carbocycles. The van der Waals surface area contributed by atoms with Crippen molar-refractivity contribution in [1.29, 1.82) is 0 Å². The number of piperidine rings is 1. The molecule has 2 unspecified atom stereocenters. The van der Waals surface area contributed by atoms with E-state index in [0.717, 1.165) is 32.4 Å². The van der Waals surface area contributed by atoms with Crippen molar-refractivity contribution in [3.63, 3.8) is 0 Å². The molecule has 3 N–H and O–H groups in total. The summed E-state index contributed by atoms with van der Waals surface area (Å²) in [5.74, 6) is 0. The molecule has 1 heterocycles. The number of rotatable bonds is 1. The van der Waals surface area contributed by atoms with Gasteiger partial charge >= 0.3 is 0 Å². The lowest BCUT2D eigenvalue weighted by Crippen LogP contribution is -2.52. The Balaban J connectivity index is 1.91. The van der Waals surface area contributed by atoms with E-state index in [2.05, 4.69) is 4.90 Å². The van der Waals surface area contributed by atoms with E-state index in [1.54, 1.807) is 0 Å². The van der Waals surface area contributed by atoms with Crippen LogP contribution in [0.3, 0.4) is 0 Å². The maximum atomic E-state index is 9.92. The van der Waals surface area contributed by atoms with Crippen molar-refractivity contribution in [2.75, 3.05) is 13.1 Å². The van der Waals surface area contributed by atoms with Crippen molar-refractivity contribution in [3.05, 3.63) is 0 Å². The molecule has 0 spiro atoms. The van der Waals surface area contributed by atoms with Crippen LogP contribution in [0.2, 0.25) is 0 Å². The molecule has 1 saturated heterocycles. The highest BCUT2D eigenvalue weighted by Gasteiger charge is 2.30. The van der Waals surface area contributed by atoms with Gasteiger partial charge in [-0.25, -0.2) is 0 Å². The van der Waals surface area contributed by atoms with Gasteiger partial charge < -0.3 is 10.8 Å². The number of nitrogens with two attached hydrogens (primary N) is 1. The second-order valence-corrected chi connectivity index (χ2v) is 4.82. The molecule has 3 heteroatoms. The molecule has 1 saturated carbocycles. The summed E-state index contributed by atoms with van der Waals surface area (Å²) in [6, 6.07) is 0.730. The third-order valence-electron chi connectivity index (χ3n) is 3.65. The maximum absolute atomic E-state index is 9.92. The Morgan fingerprint density at radius 2 is 1.86 bits per heavy atom. The van der Waals surface area contributed by atoms with Crippen LogP contribution in [-0.2, 0) is 0 Å². The smallest absolute Gasteiger partial charge is 0.0695 e. The molecule has 3 atom stereocenters.